The van der Waals surface area contributed by atoms with Gasteiger partial charge in [-0.1, -0.05) is 0 Å². The van der Waals surface area contributed by atoms with Gasteiger partial charge in [-0.3, -0.25) is 0 Å². The molecule has 0 amide bonds. The topological polar surface area (TPSA) is 61.3 Å². The number of aromatic nitrogens is 1. The highest BCUT2D eigenvalue weighted by Gasteiger charge is 2.09. The van der Waals surface area contributed by atoms with Crippen LogP contribution in [0.3, 0.4) is 0 Å². The SMILES string of the molecule is COc1cc(-c2cnc(CCCN)o2)ccc1F. The van der Waals surface area contributed by atoms with E-state index in [1.54, 1.807) is 18.3 Å². The van der Waals surface area contributed by atoms with Crippen LogP contribution in [0.4, 0.5) is 4.39 Å². The fourth-order valence-corrected chi connectivity index (χ4v) is 1.63. The molecule has 0 fully saturated rings. The fourth-order valence-electron chi connectivity index (χ4n) is 1.63. The minimum Gasteiger partial charge on any atom is -0.494 e. The van der Waals surface area contributed by atoms with E-state index in [1.165, 1.54) is 13.2 Å². The van der Waals surface area contributed by atoms with Gasteiger partial charge in [0.05, 0.1) is 13.3 Å². The molecular weight excluding hydrogens is 235 g/mol. The third-order valence-electron chi connectivity index (χ3n) is 2.58. The van der Waals surface area contributed by atoms with Crippen LogP contribution in [-0.4, -0.2) is 18.6 Å². The molecule has 0 atom stereocenters. The van der Waals surface area contributed by atoms with E-state index >= 15 is 0 Å². The zero-order chi connectivity index (χ0) is 13.0. The van der Waals surface area contributed by atoms with Crippen molar-refractivity contribution in [1.82, 2.24) is 4.98 Å². The number of benzene rings is 1. The number of hydrogen-bond acceptors (Lipinski definition) is 4. The average molecular weight is 250 g/mol. The Morgan fingerprint density at radius 2 is 2.28 bits per heavy atom. The highest BCUT2D eigenvalue weighted by Crippen LogP contribution is 2.26. The molecule has 0 aliphatic carbocycles. The van der Waals surface area contributed by atoms with Gasteiger partial charge in [0, 0.05) is 12.0 Å². The summed E-state index contributed by atoms with van der Waals surface area (Å²) in [7, 11) is 1.43. The lowest BCUT2D eigenvalue weighted by Gasteiger charge is -2.03. The maximum atomic E-state index is 13.3. The Kier molecular flexibility index (Phi) is 3.94. The maximum Gasteiger partial charge on any atom is 0.194 e. The van der Waals surface area contributed by atoms with Crippen LogP contribution in [0, 0.1) is 5.82 Å². The summed E-state index contributed by atoms with van der Waals surface area (Å²) in [5, 5.41) is 0. The van der Waals surface area contributed by atoms with Crippen LogP contribution >= 0.6 is 0 Å². The summed E-state index contributed by atoms with van der Waals surface area (Å²) in [5.41, 5.74) is 6.16. The summed E-state index contributed by atoms with van der Waals surface area (Å²) in [4.78, 5) is 4.15. The van der Waals surface area contributed by atoms with Gasteiger partial charge in [0.25, 0.3) is 0 Å². The molecular formula is C13H15FN2O2. The summed E-state index contributed by atoms with van der Waals surface area (Å²) >= 11 is 0. The molecule has 0 saturated carbocycles. The number of methoxy groups -OCH3 is 1. The summed E-state index contributed by atoms with van der Waals surface area (Å²) in [6.07, 6.45) is 3.15. The highest BCUT2D eigenvalue weighted by atomic mass is 19.1. The van der Waals surface area contributed by atoms with Crippen LogP contribution < -0.4 is 10.5 Å². The highest BCUT2D eigenvalue weighted by molar-refractivity contribution is 5.59. The van der Waals surface area contributed by atoms with Crippen molar-refractivity contribution in [2.24, 2.45) is 5.73 Å². The Labute approximate surface area is 105 Å². The van der Waals surface area contributed by atoms with Crippen molar-refractivity contribution in [1.29, 1.82) is 0 Å². The molecule has 0 spiro atoms. The normalized spacial score (nSPS) is 10.6. The largest absolute Gasteiger partial charge is 0.494 e. The van der Waals surface area contributed by atoms with Gasteiger partial charge in [-0.05, 0) is 31.2 Å². The number of ether oxygens (including phenoxy) is 1. The molecule has 96 valence electrons. The van der Waals surface area contributed by atoms with Crippen molar-refractivity contribution in [3.63, 3.8) is 0 Å². The first kappa shape index (κ1) is 12.6. The Morgan fingerprint density at radius 1 is 1.44 bits per heavy atom. The number of halogens is 1. The standard InChI is InChI=1S/C13H15FN2O2/c1-17-11-7-9(4-5-10(11)14)12-8-16-13(18-12)3-2-6-15/h4-5,7-8H,2-3,6,15H2,1H3. The first-order valence-corrected chi connectivity index (χ1v) is 5.73. The van der Waals surface area contributed by atoms with E-state index in [0.29, 0.717) is 24.6 Å². The smallest absolute Gasteiger partial charge is 0.194 e. The van der Waals surface area contributed by atoms with Gasteiger partial charge < -0.3 is 14.9 Å². The first-order valence-electron chi connectivity index (χ1n) is 5.73. The monoisotopic (exact) mass is 250 g/mol. The molecule has 2 N–H and O–H groups in total. The van der Waals surface area contributed by atoms with Crippen LogP contribution in [0.25, 0.3) is 11.3 Å². The predicted octanol–water partition coefficient (Wildman–Crippen LogP) is 2.38. The van der Waals surface area contributed by atoms with Gasteiger partial charge in [-0.15, -0.1) is 0 Å². The molecule has 0 aliphatic rings. The van der Waals surface area contributed by atoms with Gasteiger partial charge in [-0.2, -0.15) is 0 Å². The Balaban J connectivity index is 2.23. The van der Waals surface area contributed by atoms with Gasteiger partial charge in [0.2, 0.25) is 0 Å². The van der Waals surface area contributed by atoms with E-state index in [1.807, 2.05) is 0 Å². The van der Waals surface area contributed by atoms with Crippen LogP contribution in [0.5, 0.6) is 5.75 Å². The van der Waals surface area contributed by atoms with Crippen LogP contribution in [0.15, 0.2) is 28.8 Å². The number of hydrogen-bond donors (Lipinski definition) is 1. The summed E-state index contributed by atoms with van der Waals surface area (Å²) in [6.45, 7) is 0.599. The van der Waals surface area contributed by atoms with Crippen molar-refractivity contribution in [2.45, 2.75) is 12.8 Å². The summed E-state index contributed by atoms with van der Waals surface area (Å²) in [6, 6.07) is 4.56. The number of nitrogens with zero attached hydrogens (tertiary/aromatic N) is 1. The van der Waals surface area contributed by atoms with E-state index in [-0.39, 0.29) is 5.75 Å². The lowest BCUT2D eigenvalue weighted by Crippen LogP contribution is -2.00. The lowest BCUT2D eigenvalue weighted by atomic mass is 10.2. The van der Waals surface area contributed by atoms with Crippen molar-refractivity contribution in [3.05, 3.63) is 36.1 Å². The van der Waals surface area contributed by atoms with Crippen LogP contribution in [0.2, 0.25) is 0 Å². The Morgan fingerprint density at radius 3 is 3.00 bits per heavy atom. The summed E-state index contributed by atoms with van der Waals surface area (Å²) in [5.74, 6) is 1.02. The molecule has 0 aliphatic heterocycles. The van der Waals surface area contributed by atoms with Gasteiger partial charge in [0.1, 0.15) is 0 Å². The lowest BCUT2D eigenvalue weighted by molar-refractivity contribution is 0.386. The van der Waals surface area contributed by atoms with Crippen molar-refractivity contribution in [2.75, 3.05) is 13.7 Å². The maximum absolute atomic E-state index is 13.3. The zero-order valence-corrected chi connectivity index (χ0v) is 10.1. The first-order chi connectivity index (χ1) is 8.74. The third-order valence-corrected chi connectivity index (χ3v) is 2.58. The third kappa shape index (κ3) is 2.68. The van der Waals surface area contributed by atoms with Gasteiger partial charge in [-0.25, -0.2) is 9.37 Å². The van der Waals surface area contributed by atoms with Crippen LogP contribution in [0.1, 0.15) is 12.3 Å². The average Bonchev–Trinajstić information content (AvgIpc) is 2.85. The van der Waals surface area contributed by atoms with E-state index in [0.717, 1.165) is 12.0 Å². The van der Waals surface area contributed by atoms with Crippen LogP contribution in [-0.2, 0) is 6.42 Å². The van der Waals surface area contributed by atoms with E-state index in [4.69, 9.17) is 14.9 Å². The van der Waals surface area contributed by atoms with E-state index < -0.39 is 5.82 Å². The molecule has 0 radical (unpaired) electrons. The second-order valence-corrected chi connectivity index (χ2v) is 3.86. The molecule has 2 rings (SSSR count). The summed E-state index contributed by atoms with van der Waals surface area (Å²) < 4.78 is 23.8. The fraction of sp³-hybridized carbons (Fsp3) is 0.308. The minimum absolute atomic E-state index is 0.187. The zero-order valence-electron chi connectivity index (χ0n) is 10.1. The Hall–Kier alpha value is -1.88. The number of aryl methyl sites for hydroxylation is 1. The molecule has 1 aromatic carbocycles. The van der Waals surface area contributed by atoms with E-state index in [9.17, 15) is 4.39 Å². The molecule has 0 bridgehead atoms. The predicted molar refractivity (Wildman–Crippen MR) is 65.8 cm³/mol. The van der Waals surface area contributed by atoms with Crippen molar-refractivity contribution in [3.8, 4) is 17.1 Å². The molecule has 0 saturated heterocycles. The number of nitrogens with two attached hydrogens (primary N) is 1. The molecule has 18 heavy (non-hydrogen) atoms. The van der Waals surface area contributed by atoms with Crippen molar-refractivity contribution < 1.29 is 13.5 Å². The minimum atomic E-state index is -0.399. The van der Waals surface area contributed by atoms with Crippen molar-refractivity contribution >= 4 is 0 Å². The molecule has 1 aromatic heterocycles. The van der Waals surface area contributed by atoms with Gasteiger partial charge in [0.15, 0.2) is 23.2 Å². The number of oxazole rings is 1. The molecule has 5 heteroatoms. The number of rotatable bonds is 5. The van der Waals surface area contributed by atoms with E-state index in [2.05, 4.69) is 4.98 Å². The second-order valence-electron chi connectivity index (χ2n) is 3.86. The molecule has 2 aromatic rings. The Bertz CT molecular complexity index is 525. The second kappa shape index (κ2) is 5.64. The quantitative estimate of drug-likeness (QED) is 0.885. The molecule has 4 nitrogen and oxygen atoms in total. The molecule has 0 unspecified atom stereocenters. The van der Waals surface area contributed by atoms with Gasteiger partial charge >= 0.3 is 0 Å². The molecule has 1 heterocycles.